The van der Waals surface area contributed by atoms with E-state index in [2.05, 4.69) is 11.4 Å². The van der Waals surface area contributed by atoms with Gasteiger partial charge in [0.2, 0.25) is 0 Å². The van der Waals surface area contributed by atoms with Crippen LogP contribution in [0.25, 0.3) is 0 Å². The average Bonchev–Trinajstić information content (AvgIpc) is 2.45. The quantitative estimate of drug-likeness (QED) is 0.905. The van der Waals surface area contributed by atoms with Crippen molar-refractivity contribution in [2.75, 3.05) is 0 Å². The highest BCUT2D eigenvalue weighted by molar-refractivity contribution is 5.32. The van der Waals surface area contributed by atoms with Crippen molar-refractivity contribution in [3.8, 4) is 6.07 Å². The highest BCUT2D eigenvalue weighted by atomic mass is 19.1. The second-order valence-corrected chi connectivity index (χ2v) is 4.44. The number of nitriles is 1. The monoisotopic (exact) mass is 254 g/mol. The van der Waals surface area contributed by atoms with Gasteiger partial charge < -0.3 is 5.32 Å². The first-order valence-electron chi connectivity index (χ1n) is 6.17. The number of benzene rings is 2. The SMILES string of the molecule is C[C@@H](NCc1cccc(C#N)c1)c1ccccc1F. The standard InChI is InChI=1S/C16H15FN2/c1-12(15-7-2-3-8-16(15)17)19-11-14-6-4-5-13(9-14)10-18/h2-9,12,19H,11H2,1H3/t12-/m1/s1. The summed E-state index contributed by atoms with van der Waals surface area (Å²) in [6.45, 7) is 2.53. The molecule has 0 radical (unpaired) electrons. The second kappa shape index (κ2) is 6.12. The van der Waals surface area contributed by atoms with Crippen molar-refractivity contribution >= 4 is 0 Å². The minimum atomic E-state index is -0.201. The highest BCUT2D eigenvalue weighted by Gasteiger charge is 2.09. The van der Waals surface area contributed by atoms with E-state index in [0.29, 0.717) is 17.7 Å². The largest absolute Gasteiger partial charge is 0.306 e. The molecule has 2 aromatic rings. The van der Waals surface area contributed by atoms with Crippen molar-refractivity contribution in [2.24, 2.45) is 0 Å². The Morgan fingerprint density at radius 1 is 1.21 bits per heavy atom. The summed E-state index contributed by atoms with van der Waals surface area (Å²) in [7, 11) is 0. The molecule has 3 heteroatoms. The third-order valence-electron chi connectivity index (χ3n) is 3.04. The van der Waals surface area contributed by atoms with Gasteiger partial charge in [-0.25, -0.2) is 4.39 Å². The zero-order valence-corrected chi connectivity index (χ0v) is 10.7. The second-order valence-electron chi connectivity index (χ2n) is 4.44. The first-order valence-corrected chi connectivity index (χ1v) is 6.17. The van der Waals surface area contributed by atoms with Gasteiger partial charge in [0.1, 0.15) is 5.82 Å². The molecule has 2 rings (SSSR count). The highest BCUT2D eigenvalue weighted by Crippen LogP contribution is 2.16. The molecule has 0 unspecified atom stereocenters. The van der Waals surface area contributed by atoms with Crippen LogP contribution in [-0.4, -0.2) is 0 Å². The zero-order chi connectivity index (χ0) is 13.7. The molecular formula is C16H15FN2. The Labute approximate surface area is 112 Å². The lowest BCUT2D eigenvalue weighted by Gasteiger charge is -2.15. The molecule has 0 aliphatic rings. The van der Waals surface area contributed by atoms with Crippen LogP contribution in [0.15, 0.2) is 48.5 Å². The molecule has 0 spiro atoms. The lowest BCUT2D eigenvalue weighted by molar-refractivity contribution is 0.528. The maximum absolute atomic E-state index is 13.6. The molecule has 0 aromatic heterocycles. The van der Waals surface area contributed by atoms with E-state index in [9.17, 15) is 4.39 Å². The molecule has 0 fully saturated rings. The minimum absolute atomic E-state index is 0.0769. The fraction of sp³-hybridized carbons (Fsp3) is 0.188. The lowest BCUT2D eigenvalue weighted by atomic mass is 10.1. The fourth-order valence-electron chi connectivity index (χ4n) is 1.96. The van der Waals surface area contributed by atoms with Gasteiger partial charge in [-0.1, -0.05) is 30.3 Å². The number of halogens is 1. The summed E-state index contributed by atoms with van der Waals surface area (Å²) >= 11 is 0. The Morgan fingerprint density at radius 2 is 2.00 bits per heavy atom. The van der Waals surface area contributed by atoms with Crippen LogP contribution in [0.3, 0.4) is 0 Å². The van der Waals surface area contributed by atoms with Gasteiger partial charge in [0, 0.05) is 18.2 Å². The molecule has 19 heavy (non-hydrogen) atoms. The molecule has 0 aliphatic carbocycles. The summed E-state index contributed by atoms with van der Waals surface area (Å²) in [5, 5.41) is 12.1. The molecule has 0 saturated heterocycles. The van der Waals surface area contributed by atoms with Crippen molar-refractivity contribution in [3.05, 3.63) is 71.0 Å². The van der Waals surface area contributed by atoms with Crippen LogP contribution in [0, 0.1) is 17.1 Å². The summed E-state index contributed by atoms with van der Waals surface area (Å²) in [5.41, 5.74) is 2.30. The molecule has 2 aromatic carbocycles. The van der Waals surface area contributed by atoms with Crippen molar-refractivity contribution in [3.63, 3.8) is 0 Å². The van der Waals surface area contributed by atoms with Gasteiger partial charge in [0.25, 0.3) is 0 Å². The Kier molecular flexibility index (Phi) is 4.27. The van der Waals surface area contributed by atoms with Crippen LogP contribution in [0.4, 0.5) is 4.39 Å². The van der Waals surface area contributed by atoms with E-state index >= 15 is 0 Å². The average molecular weight is 254 g/mol. The van der Waals surface area contributed by atoms with Crippen LogP contribution in [0.5, 0.6) is 0 Å². The Morgan fingerprint density at radius 3 is 2.74 bits per heavy atom. The topological polar surface area (TPSA) is 35.8 Å². The number of hydrogen-bond acceptors (Lipinski definition) is 2. The van der Waals surface area contributed by atoms with E-state index in [1.54, 1.807) is 18.2 Å². The predicted molar refractivity (Wildman–Crippen MR) is 72.8 cm³/mol. The molecule has 2 nitrogen and oxygen atoms in total. The van der Waals surface area contributed by atoms with E-state index in [4.69, 9.17) is 5.26 Å². The Hall–Kier alpha value is -2.18. The lowest BCUT2D eigenvalue weighted by Crippen LogP contribution is -2.19. The van der Waals surface area contributed by atoms with Gasteiger partial charge >= 0.3 is 0 Å². The maximum atomic E-state index is 13.6. The zero-order valence-electron chi connectivity index (χ0n) is 10.7. The molecule has 96 valence electrons. The summed E-state index contributed by atoms with van der Waals surface area (Å²) in [5.74, 6) is -0.201. The van der Waals surface area contributed by atoms with E-state index < -0.39 is 0 Å². The normalized spacial score (nSPS) is 11.8. The third-order valence-corrected chi connectivity index (χ3v) is 3.04. The van der Waals surface area contributed by atoms with Crippen LogP contribution < -0.4 is 5.32 Å². The van der Waals surface area contributed by atoms with Crippen molar-refractivity contribution in [1.82, 2.24) is 5.32 Å². The molecule has 0 saturated carbocycles. The van der Waals surface area contributed by atoms with Crippen LogP contribution in [0.1, 0.15) is 29.7 Å². The molecule has 0 amide bonds. The summed E-state index contributed by atoms with van der Waals surface area (Å²) in [6, 6.07) is 16.2. The van der Waals surface area contributed by atoms with Crippen molar-refractivity contribution in [1.29, 1.82) is 5.26 Å². The van der Waals surface area contributed by atoms with Crippen molar-refractivity contribution in [2.45, 2.75) is 19.5 Å². The van der Waals surface area contributed by atoms with Gasteiger partial charge in [0.05, 0.1) is 11.6 Å². The molecule has 1 atom stereocenters. The van der Waals surface area contributed by atoms with Crippen LogP contribution >= 0.6 is 0 Å². The third kappa shape index (κ3) is 3.40. The van der Waals surface area contributed by atoms with Crippen LogP contribution in [0.2, 0.25) is 0 Å². The van der Waals surface area contributed by atoms with Gasteiger partial charge in [-0.3, -0.25) is 0 Å². The number of hydrogen-bond donors (Lipinski definition) is 1. The number of nitrogens with zero attached hydrogens (tertiary/aromatic N) is 1. The number of nitrogens with one attached hydrogen (secondary N) is 1. The van der Waals surface area contributed by atoms with Gasteiger partial charge in [-0.05, 0) is 30.7 Å². The first kappa shape index (κ1) is 13.3. The summed E-state index contributed by atoms with van der Waals surface area (Å²) in [4.78, 5) is 0. The molecule has 0 aliphatic heterocycles. The molecule has 0 bridgehead atoms. The number of rotatable bonds is 4. The Bertz CT molecular complexity index is 602. The maximum Gasteiger partial charge on any atom is 0.127 e. The van der Waals surface area contributed by atoms with E-state index in [0.717, 1.165) is 5.56 Å². The molecule has 1 N–H and O–H groups in total. The van der Waals surface area contributed by atoms with Gasteiger partial charge in [-0.15, -0.1) is 0 Å². The van der Waals surface area contributed by atoms with E-state index in [1.807, 2.05) is 31.2 Å². The summed E-state index contributed by atoms with van der Waals surface area (Å²) < 4.78 is 13.6. The predicted octanol–water partition coefficient (Wildman–Crippen LogP) is 3.55. The Balaban J connectivity index is 2.03. The first-order chi connectivity index (χ1) is 9.20. The van der Waals surface area contributed by atoms with E-state index in [1.165, 1.54) is 6.07 Å². The van der Waals surface area contributed by atoms with Crippen molar-refractivity contribution < 1.29 is 4.39 Å². The van der Waals surface area contributed by atoms with Gasteiger partial charge in [-0.2, -0.15) is 5.26 Å². The fourth-order valence-corrected chi connectivity index (χ4v) is 1.96. The van der Waals surface area contributed by atoms with E-state index in [-0.39, 0.29) is 11.9 Å². The molecule has 0 heterocycles. The van der Waals surface area contributed by atoms with Crippen LogP contribution in [-0.2, 0) is 6.54 Å². The molecular weight excluding hydrogens is 239 g/mol. The minimum Gasteiger partial charge on any atom is -0.306 e. The summed E-state index contributed by atoms with van der Waals surface area (Å²) in [6.07, 6.45) is 0. The smallest absolute Gasteiger partial charge is 0.127 e. The van der Waals surface area contributed by atoms with Gasteiger partial charge in [0.15, 0.2) is 0 Å².